The SMILES string of the molecule is CNC(C)CNC(=O)c1ccc2c(c1)S(=O)(=O)N(C1CC1)C2=O. The predicted octanol–water partition coefficient (Wildman–Crippen LogP) is 0.331. The summed E-state index contributed by atoms with van der Waals surface area (Å²) in [7, 11) is -2.04. The van der Waals surface area contributed by atoms with Crippen LogP contribution in [0.4, 0.5) is 0 Å². The Kier molecular flexibility index (Phi) is 3.89. The molecule has 3 rings (SSSR count). The van der Waals surface area contributed by atoms with Crippen LogP contribution in [0.3, 0.4) is 0 Å². The van der Waals surface area contributed by atoms with Gasteiger partial charge in [0.25, 0.3) is 21.8 Å². The molecule has 1 aromatic carbocycles. The average molecular weight is 337 g/mol. The molecule has 23 heavy (non-hydrogen) atoms. The van der Waals surface area contributed by atoms with Gasteiger partial charge in [0.05, 0.1) is 5.56 Å². The Morgan fingerprint density at radius 2 is 2.09 bits per heavy atom. The van der Waals surface area contributed by atoms with Crippen molar-refractivity contribution in [1.29, 1.82) is 0 Å². The van der Waals surface area contributed by atoms with Crippen molar-refractivity contribution in [3.63, 3.8) is 0 Å². The lowest BCUT2D eigenvalue weighted by Crippen LogP contribution is -2.37. The lowest BCUT2D eigenvalue weighted by atomic mass is 10.1. The first-order valence-corrected chi connectivity index (χ1v) is 8.98. The first kappa shape index (κ1) is 15.9. The lowest BCUT2D eigenvalue weighted by molar-refractivity contribution is 0.0863. The third-order valence-corrected chi connectivity index (χ3v) is 6.03. The summed E-state index contributed by atoms with van der Waals surface area (Å²) in [5, 5.41) is 5.73. The van der Waals surface area contributed by atoms with Gasteiger partial charge in [-0.3, -0.25) is 9.59 Å². The molecule has 8 heteroatoms. The number of sulfonamides is 1. The van der Waals surface area contributed by atoms with Crippen LogP contribution < -0.4 is 10.6 Å². The number of nitrogens with one attached hydrogen (secondary N) is 2. The fourth-order valence-electron chi connectivity index (χ4n) is 2.51. The van der Waals surface area contributed by atoms with Crippen LogP contribution in [0.25, 0.3) is 0 Å². The quantitative estimate of drug-likeness (QED) is 0.807. The Hall–Kier alpha value is -1.93. The molecule has 124 valence electrons. The molecule has 2 N–H and O–H groups in total. The van der Waals surface area contributed by atoms with E-state index in [1.54, 1.807) is 7.05 Å². The highest BCUT2D eigenvalue weighted by Gasteiger charge is 2.48. The smallest absolute Gasteiger partial charge is 0.269 e. The molecular formula is C15H19N3O4S. The van der Waals surface area contributed by atoms with Crippen molar-refractivity contribution in [1.82, 2.24) is 14.9 Å². The standard InChI is InChI=1S/C15H19N3O4S/c1-9(16-2)8-17-14(19)10-3-6-12-13(7-10)23(21,22)18(15(12)20)11-4-5-11/h3,6-7,9,11,16H,4-5,8H2,1-2H3,(H,17,19). The van der Waals surface area contributed by atoms with E-state index in [2.05, 4.69) is 10.6 Å². The topological polar surface area (TPSA) is 95.6 Å². The van der Waals surface area contributed by atoms with Crippen molar-refractivity contribution < 1.29 is 18.0 Å². The lowest BCUT2D eigenvalue weighted by Gasteiger charge is -2.13. The van der Waals surface area contributed by atoms with Gasteiger partial charge in [-0.2, -0.15) is 0 Å². The van der Waals surface area contributed by atoms with Gasteiger partial charge >= 0.3 is 0 Å². The molecule has 1 aliphatic carbocycles. The van der Waals surface area contributed by atoms with Crippen LogP contribution in [0.1, 0.15) is 40.5 Å². The third kappa shape index (κ3) is 2.72. The molecule has 1 atom stereocenters. The number of hydrogen-bond donors (Lipinski definition) is 2. The molecular weight excluding hydrogens is 318 g/mol. The first-order valence-electron chi connectivity index (χ1n) is 7.54. The van der Waals surface area contributed by atoms with Crippen LogP contribution in [0.5, 0.6) is 0 Å². The summed E-state index contributed by atoms with van der Waals surface area (Å²) < 4.78 is 26.0. The summed E-state index contributed by atoms with van der Waals surface area (Å²) in [6, 6.07) is 4.08. The number of carbonyl (C=O) groups is 2. The molecule has 0 aromatic heterocycles. The highest BCUT2D eigenvalue weighted by Crippen LogP contribution is 2.39. The molecule has 1 saturated carbocycles. The van der Waals surface area contributed by atoms with Crippen molar-refractivity contribution >= 4 is 21.8 Å². The number of amides is 2. The summed E-state index contributed by atoms with van der Waals surface area (Å²) in [5.41, 5.74) is 0.387. The van der Waals surface area contributed by atoms with Crippen molar-refractivity contribution in [2.24, 2.45) is 0 Å². The number of carbonyl (C=O) groups excluding carboxylic acids is 2. The van der Waals surface area contributed by atoms with Gasteiger partial charge in [-0.25, -0.2) is 12.7 Å². The molecule has 1 fully saturated rings. The van der Waals surface area contributed by atoms with Gasteiger partial charge in [-0.1, -0.05) is 0 Å². The predicted molar refractivity (Wildman–Crippen MR) is 83.7 cm³/mol. The molecule has 2 aliphatic rings. The molecule has 1 aliphatic heterocycles. The molecule has 1 unspecified atom stereocenters. The number of rotatable bonds is 5. The largest absolute Gasteiger partial charge is 0.350 e. The summed E-state index contributed by atoms with van der Waals surface area (Å²) >= 11 is 0. The molecule has 0 radical (unpaired) electrons. The molecule has 0 spiro atoms. The third-order valence-electron chi connectivity index (χ3n) is 4.15. The monoisotopic (exact) mass is 337 g/mol. The van der Waals surface area contributed by atoms with Crippen LogP contribution in [0, 0.1) is 0 Å². The summed E-state index contributed by atoms with van der Waals surface area (Å²) in [5.74, 6) is -0.847. The maximum Gasteiger partial charge on any atom is 0.269 e. The van der Waals surface area contributed by atoms with Crippen molar-refractivity contribution in [2.75, 3.05) is 13.6 Å². The fourth-order valence-corrected chi connectivity index (χ4v) is 4.35. The Balaban J connectivity index is 1.88. The van der Waals surface area contributed by atoms with E-state index in [0.717, 1.165) is 4.31 Å². The van der Waals surface area contributed by atoms with Gasteiger partial charge in [-0.05, 0) is 45.0 Å². The van der Waals surface area contributed by atoms with E-state index in [9.17, 15) is 18.0 Å². The summed E-state index contributed by atoms with van der Waals surface area (Å²) in [6.07, 6.45) is 1.41. The average Bonchev–Trinajstić information content (AvgIpc) is 3.33. The van der Waals surface area contributed by atoms with Crippen molar-refractivity contribution in [3.8, 4) is 0 Å². The normalized spacial score (nSPS) is 20.3. The molecule has 1 heterocycles. The summed E-state index contributed by atoms with van der Waals surface area (Å²) in [6.45, 7) is 2.34. The minimum absolute atomic E-state index is 0.0660. The molecule has 0 bridgehead atoms. The minimum atomic E-state index is -3.83. The highest BCUT2D eigenvalue weighted by atomic mass is 32.2. The molecule has 1 aromatic rings. The zero-order chi connectivity index (χ0) is 16.8. The van der Waals surface area contributed by atoms with E-state index in [0.29, 0.717) is 19.4 Å². The van der Waals surface area contributed by atoms with Gasteiger partial charge in [0, 0.05) is 24.2 Å². The number of fused-ring (bicyclic) bond motifs is 1. The zero-order valence-corrected chi connectivity index (χ0v) is 13.8. The maximum absolute atomic E-state index is 12.5. The Bertz CT molecular complexity index is 771. The van der Waals surface area contributed by atoms with Crippen LogP contribution in [-0.4, -0.2) is 50.2 Å². The number of hydrogen-bond acceptors (Lipinski definition) is 5. The van der Waals surface area contributed by atoms with Gasteiger partial charge in [0.2, 0.25) is 0 Å². The molecule has 0 saturated heterocycles. The second-order valence-electron chi connectivity index (χ2n) is 5.95. The summed E-state index contributed by atoms with van der Waals surface area (Å²) in [4.78, 5) is 24.4. The van der Waals surface area contributed by atoms with Crippen LogP contribution in [0.15, 0.2) is 23.1 Å². The Morgan fingerprint density at radius 3 is 2.70 bits per heavy atom. The van der Waals surface area contributed by atoms with Crippen LogP contribution in [0.2, 0.25) is 0 Å². The van der Waals surface area contributed by atoms with Gasteiger partial charge < -0.3 is 10.6 Å². The number of likely N-dealkylation sites (N-methyl/N-ethyl adjacent to an activating group) is 1. The maximum atomic E-state index is 12.5. The molecule has 2 amide bonds. The fraction of sp³-hybridized carbons (Fsp3) is 0.467. The second-order valence-corrected chi connectivity index (χ2v) is 7.73. The zero-order valence-electron chi connectivity index (χ0n) is 13.0. The Morgan fingerprint density at radius 1 is 1.39 bits per heavy atom. The van der Waals surface area contributed by atoms with E-state index in [1.165, 1.54) is 18.2 Å². The second kappa shape index (κ2) is 5.61. The number of benzene rings is 1. The van der Waals surface area contributed by atoms with Gasteiger partial charge in [0.1, 0.15) is 4.90 Å². The van der Waals surface area contributed by atoms with E-state index < -0.39 is 15.9 Å². The number of nitrogens with zero attached hydrogens (tertiary/aromatic N) is 1. The van der Waals surface area contributed by atoms with E-state index in [4.69, 9.17) is 0 Å². The van der Waals surface area contributed by atoms with Crippen molar-refractivity contribution in [2.45, 2.75) is 36.7 Å². The Labute approximate surface area is 135 Å². The van der Waals surface area contributed by atoms with Gasteiger partial charge in [0.15, 0.2) is 0 Å². The first-order chi connectivity index (χ1) is 10.9. The molecule has 7 nitrogen and oxygen atoms in total. The van der Waals surface area contributed by atoms with E-state index in [1.807, 2.05) is 6.92 Å². The minimum Gasteiger partial charge on any atom is -0.350 e. The van der Waals surface area contributed by atoms with Gasteiger partial charge in [-0.15, -0.1) is 0 Å². The van der Waals surface area contributed by atoms with Crippen LogP contribution >= 0.6 is 0 Å². The van der Waals surface area contributed by atoms with Crippen molar-refractivity contribution in [3.05, 3.63) is 29.3 Å². The van der Waals surface area contributed by atoms with E-state index in [-0.39, 0.29) is 34.0 Å². The van der Waals surface area contributed by atoms with Crippen LogP contribution in [-0.2, 0) is 10.0 Å². The van der Waals surface area contributed by atoms with E-state index >= 15 is 0 Å². The highest BCUT2D eigenvalue weighted by molar-refractivity contribution is 7.90.